The first-order valence-corrected chi connectivity index (χ1v) is 4.21. The lowest BCUT2D eigenvalue weighted by molar-refractivity contribution is -0.137. The van der Waals surface area contributed by atoms with Gasteiger partial charge in [-0.1, -0.05) is 0 Å². The molecule has 0 aliphatic heterocycles. The molecule has 0 saturated carbocycles. The van der Waals surface area contributed by atoms with E-state index in [2.05, 4.69) is 4.98 Å². The predicted molar refractivity (Wildman–Crippen MR) is 56.6 cm³/mol. The average Bonchev–Trinajstić information content (AvgIpc) is 2.41. The highest BCUT2D eigenvalue weighted by molar-refractivity contribution is 5.85. The van der Waals surface area contributed by atoms with Gasteiger partial charge in [0.25, 0.3) is 0 Å². The van der Waals surface area contributed by atoms with Gasteiger partial charge in [-0.3, -0.25) is 0 Å². The number of aromatic nitrogens is 2. The number of aryl methyl sites for hydroxylation is 1. The number of anilines is 1. The standard InChI is InChI=1S/C9H8F3N3.ClH/c1-5-8(13)14-7-4-6(9(10,11)12)2-3-15(5)7;/h2-4H,13H2,1H3;1H. The molecule has 0 spiro atoms. The second kappa shape index (κ2) is 3.86. The van der Waals surface area contributed by atoms with E-state index in [0.717, 1.165) is 12.1 Å². The summed E-state index contributed by atoms with van der Waals surface area (Å²) in [5.41, 5.74) is 5.62. The molecular weight excluding hydrogens is 243 g/mol. The van der Waals surface area contributed by atoms with Crippen LogP contribution >= 0.6 is 12.4 Å². The highest BCUT2D eigenvalue weighted by Crippen LogP contribution is 2.30. The zero-order valence-corrected chi connectivity index (χ0v) is 9.06. The third-order valence-electron chi connectivity index (χ3n) is 2.23. The van der Waals surface area contributed by atoms with Gasteiger partial charge >= 0.3 is 6.18 Å². The van der Waals surface area contributed by atoms with Gasteiger partial charge in [-0.25, -0.2) is 4.98 Å². The van der Waals surface area contributed by atoms with Crippen molar-refractivity contribution in [3.05, 3.63) is 29.6 Å². The second-order valence-electron chi connectivity index (χ2n) is 3.22. The number of nitrogens with zero attached hydrogens (tertiary/aromatic N) is 2. The molecule has 0 atom stereocenters. The molecule has 0 aliphatic carbocycles. The van der Waals surface area contributed by atoms with Crippen LogP contribution in [-0.4, -0.2) is 9.38 Å². The maximum absolute atomic E-state index is 12.4. The Bertz CT molecular complexity index is 518. The Morgan fingerprint density at radius 1 is 1.38 bits per heavy atom. The van der Waals surface area contributed by atoms with Gasteiger partial charge in [-0.05, 0) is 19.1 Å². The zero-order valence-electron chi connectivity index (χ0n) is 8.25. The molecular formula is C9H9ClF3N3. The van der Waals surface area contributed by atoms with E-state index >= 15 is 0 Å². The molecule has 2 heterocycles. The van der Waals surface area contributed by atoms with Gasteiger partial charge in [0.2, 0.25) is 0 Å². The van der Waals surface area contributed by atoms with Gasteiger partial charge in [-0.2, -0.15) is 13.2 Å². The van der Waals surface area contributed by atoms with E-state index in [4.69, 9.17) is 5.73 Å². The van der Waals surface area contributed by atoms with Crippen LogP contribution in [0.25, 0.3) is 5.65 Å². The lowest BCUT2D eigenvalue weighted by Gasteiger charge is -2.06. The molecule has 0 aliphatic rings. The Kier molecular flexibility index (Phi) is 3.05. The van der Waals surface area contributed by atoms with Gasteiger partial charge in [0.05, 0.1) is 11.3 Å². The van der Waals surface area contributed by atoms with E-state index in [1.54, 1.807) is 6.92 Å². The van der Waals surface area contributed by atoms with Gasteiger partial charge in [0, 0.05) is 6.20 Å². The predicted octanol–water partition coefficient (Wildman–Crippen LogP) is 2.67. The van der Waals surface area contributed by atoms with Crippen LogP contribution in [0.3, 0.4) is 0 Å². The first-order chi connectivity index (χ1) is 6.89. The Labute approximate surface area is 95.5 Å². The van der Waals surface area contributed by atoms with Crippen molar-refractivity contribution in [2.75, 3.05) is 5.73 Å². The molecule has 0 amide bonds. The molecule has 0 unspecified atom stereocenters. The molecule has 0 fully saturated rings. The average molecular weight is 252 g/mol. The first kappa shape index (κ1) is 12.6. The summed E-state index contributed by atoms with van der Waals surface area (Å²) in [6, 6.07) is 1.98. The van der Waals surface area contributed by atoms with E-state index in [0.29, 0.717) is 5.69 Å². The van der Waals surface area contributed by atoms with Crippen molar-refractivity contribution >= 4 is 23.9 Å². The fourth-order valence-electron chi connectivity index (χ4n) is 1.36. The second-order valence-corrected chi connectivity index (χ2v) is 3.22. The normalized spacial score (nSPS) is 11.5. The SMILES string of the molecule is Cc1c(N)nc2cc(C(F)(F)F)ccn12.Cl. The van der Waals surface area contributed by atoms with E-state index in [1.165, 1.54) is 10.6 Å². The van der Waals surface area contributed by atoms with Gasteiger partial charge in [0.15, 0.2) is 0 Å². The van der Waals surface area contributed by atoms with Crippen LogP contribution in [0.15, 0.2) is 18.3 Å². The Morgan fingerprint density at radius 2 is 2.00 bits per heavy atom. The minimum atomic E-state index is -4.35. The number of halogens is 4. The van der Waals surface area contributed by atoms with Crippen LogP contribution in [0.5, 0.6) is 0 Å². The first-order valence-electron chi connectivity index (χ1n) is 4.21. The van der Waals surface area contributed by atoms with Crippen molar-refractivity contribution < 1.29 is 13.2 Å². The van der Waals surface area contributed by atoms with Crippen molar-refractivity contribution in [2.24, 2.45) is 0 Å². The van der Waals surface area contributed by atoms with Crippen molar-refractivity contribution in [3.63, 3.8) is 0 Å². The van der Waals surface area contributed by atoms with Crippen molar-refractivity contribution in [1.29, 1.82) is 0 Å². The highest BCUT2D eigenvalue weighted by Gasteiger charge is 2.30. The quantitative estimate of drug-likeness (QED) is 0.782. The Balaban J connectivity index is 0.00000128. The lowest BCUT2D eigenvalue weighted by atomic mass is 10.2. The molecule has 88 valence electrons. The van der Waals surface area contributed by atoms with Crippen LogP contribution in [-0.2, 0) is 6.18 Å². The number of pyridine rings is 1. The maximum atomic E-state index is 12.4. The van der Waals surface area contributed by atoms with Crippen LogP contribution in [0.2, 0.25) is 0 Å². The van der Waals surface area contributed by atoms with Crippen LogP contribution in [0.4, 0.5) is 19.0 Å². The third-order valence-corrected chi connectivity index (χ3v) is 2.23. The number of rotatable bonds is 0. The van der Waals surface area contributed by atoms with E-state index in [-0.39, 0.29) is 23.9 Å². The minimum Gasteiger partial charge on any atom is -0.382 e. The number of alkyl halides is 3. The fraction of sp³-hybridized carbons (Fsp3) is 0.222. The maximum Gasteiger partial charge on any atom is 0.416 e. The number of nitrogen functional groups attached to an aromatic ring is 1. The Hall–Kier alpha value is -1.43. The number of imidazole rings is 1. The summed E-state index contributed by atoms with van der Waals surface area (Å²) in [6.07, 6.45) is -3.03. The number of nitrogens with two attached hydrogens (primary N) is 1. The molecule has 0 radical (unpaired) electrons. The summed E-state index contributed by atoms with van der Waals surface area (Å²) in [5, 5.41) is 0. The van der Waals surface area contributed by atoms with Crippen molar-refractivity contribution in [2.45, 2.75) is 13.1 Å². The third kappa shape index (κ3) is 1.92. The number of fused-ring (bicyclic) bond motifs is 1. The molecule has 2 N–H and O–H groups in total. The summed E-state index contributed by atoms with van der Waals surface area (Å²) >= 11 is 0. The van der Waals surface area contributed by atoms with Crippen LogP contribution in [0, 0.1) is 6.92 Å². The largest absolute Gasteiger partial charge is 0.416 e. The van der Waals surface area contributed by atoms with Gasteiger partial charge < -0.3 is 10.1 Å². The number of hydrogen-bond donors (Lipinski definition) is 1. The molecule has 3 nitrogen and oxygen atoms in total. The fourth-order valence-corrected chi connectivity index (χ4v) is 1.36. The molecule has 2 aromatic heterocycles. The van der Waals surface area contributed by atoms with Gasteiger partial charge in [0.1, 0.15) is 11.5 Å². The molecule has 0 aromatic carbocycles. The van der Waals surface area contributed by atoms with Crippen molar-refractivity contribution in [1.82, 2.24) is 9.38 Å². The topological polar surface area (TPSA) is 43.3 Å². The summed E-state index contributed by atoms with van der Waals surface area (Å²) in [5.74, 6) is 0.245. The van der Waals surface area contributed by atoms with Gasteiger partial charge in [-0.15, -0.1) is 12.4 Å². The number of hydrogen-bond acceptors (Lipinski definition) is 2. The smallest absolute Gasteiger partial charge is 0.382 e. The monoisotopic (exact) mass is 251 g/mol. The molecule has 0 saturated heterocycles. The Morgan fingerprint density at radius 3 is 2.56 bits per heavy atom. The summed E-state index contributed by atoms with van der Waals surface area (Å²) in [7, 11) is 0. The van der Waals surface area contributed by atoms with Crippen molar-refractivity contribution in [3.8, 4) is 0 Å². The molecule has 2 rings (SSSR count). The molecule has 16 heavy (non-hydrogen) atoms. The zero-order chi connectivity index (χ0) is 11.2. The molecule has 2 aromatic rings. The van der Waals surface area contributed by atoms with Crippen LogP contribution < -0.4 is 5.73 Å². The van der Waals surface area contributed by atoms with Crippen LogP contribution in [0.1, 0.15) is 11.3 Å². The highest BCUT2D eigenvalue weighted by atomic mass is 35.5. The van der Waals surface area contributed by atoms with E-state index in [9.17, 15) is 13.2 Å². The molecule has 0 bridgehead atoms. The molecule has 7 heteroatoms. The minimum absolute atomic E-state index is 0. The lowest BCUT2D eigenvalue weighted by Crippen LogP contribution is -2.05. The van der Waals surface area contributed by atoms with E-state index < -0.39 is 11.7 Å². The summed E-state index contributed by atoms with van der Waals surface area (Å²) in [6.45, 7) is 1.70. The summed E-state index contributed by atoms with van der Waals surface area (Å²) in [4.78, 5) is 3.83. The summed E-state index contributed by atoms with van der Waals surface area (Å²) < 4.78 is 38.6. The van der Waals surface area contributed by atoms with E-state index in [1.807, 2.05) is 0 Å².